The van der Waals surface area contributed by atoms with Crippen LogP contribution in [0, 0.1) is 17.6 Å². The minimum absolute atomic E-state index is 0.213. The van der Waals surface area contributed by atoms with E-state index in [9.17, 15) is 17.2 Å². The third-order valence-corrected chi connectivity index (χ3v) is 3.36. The predicted molar refractivity (Wildman–Crippen MR) is 56.0 cm³/mol. The summed E-state index contributed by atoms with van der Waals surface area (Å²) in [5, 5.41) is 4.88. The van der Waals surface area contributed by atoms with Crippen molar-refractivity contribution in [3.05, 3.63) is 23.8 Å². The summed E-state index contributed by atoms with van der Waals surface area (Å²) in [5.74, 6) is -2.26. The summed E-state index contributed by atoms with van der Waals surface area (Å²) < 4.78 is 53.8. The molecule has 17 heavy (non-hydrogen) atoms. The molecule has 0 aliphatic heterocycles. The SMILES string of the molecule is NS(=O)(=O)c1cc(F)cc(F)c1OCC1CC1. The Balaban J connectivity index is 2.39. The summed E-state index contributed by atoms with van der Waals surface area (Å²) in [6, 6.07) is 1.22. The van der Waals surface area contributed by atoms with E-state index in [1.807, 2.05) is 0 Å². The van der Waals surface area contributed by atoms with Crippen molar-refractivity contribution in [2.24, 2.45) is 11.1 Å². The summed E-state index contributed by atoms with van der Waals surface area (Å²) in [6.45, 7) is 0.213. The van der Waals surface area contributed by atoms with Gasteiger partial charge in [0.05, 0.1) is 6.61 Å². The Morgan fingerprint density at radius 1 is 1.35 bits per heavy atom. The fourth-order valence-electron chi connectivity index (χ4n) is 1.37. The van der Waals surface area contributed by atoms with Gasteiger partial charge in [-0.1, -0.05) is 0 Å². The van der Waals surface area contributed by atoms with Crippen LogP contribution in [0.25, 0.3) is 0 Å². The lowest BCUT2D eigenvalue weighted by molar-refractivity contribution is 0.276. The van der Waals surface area contributed by atoms with E-state index in [0.717, 1.165) is 12.8 Å². The Hall–Kier alpha value is -1.21. The van der Waals surface area contributed by atoms with Gasteiger partial charge in [-0.3, -0.25) is 0 Å². The molecule has 0 radical (unpaired) electrons. The van der Waals surface area contributed by atoms with Crippen LogP contribution in [0.2, 0.25) is 0 Å². The van der Waals surface area contributed by atoms with E-state index in [1.165, 1.54) is 0 Å². The van der Waals surface area contributed by atoms with Gasteiger partial charge in [-0.05, 0) is 24.8 Å². The van der Waals surface area contributed by atoms with Crippen LogP contribution in [0.5, 0.6) is 5.75 Å². The number of rotatable bonds is 4. The molecule has 0 saturated heterocycles. The average Bonchev–Trinajstić information content (AvgIpc) is 2.97. The molecule has 0 amide bonds. The molecule has 1 aromatic rings. The Morgan fingerprint density at radius 2 is 2.00 bits per heavy atom. The van der Waals surface area contributed by atoms with E-state index in [0.29, 0.717) is 18.1 Å². The monoisotopic (exact) mass is 263 g/mol. The van der Waals surface area contributed by atoms with Gasteiger partial charge in [-0.25, -0.2) is 22.3 Å². The molecule has 2 rings (SSSR count). The summed E-state index contributed by atoms with van der Waals surface area (Å²) in [6.07, 6.45) is 1.93. The first-order valence-electron chi connectivity index (χ1n) is 5.02. The van der Waals surface area contributed by atoms with E-state index in [1.54, 1.807) is 0 Å². The largest absolute Gasteiger partial charge is 0.489 e. The summed E-state index contributed by atoms with van der Waals surface area (Å²) in [4.78, 5) is -0.657. The number of sulfonamides is 1. The maximum atomic E-state index is 13.4. The molecule has 0 atom stereocenters. The number of benzene rings is 1. The van der Waals surface area contributed by atoms with Gasteiger partial charge in [0.2, 0.25) is 10.0 Å². The predicted octanol–water partition coefficient (Wildman–Crippen LogP) is 1.40. The van der Waals surface area contributed by atoms with Crippen molar-refractivity contribution in [1.82, 2.24) is 0 Å². The van der Waals surface area contributed by atoms with Gasteiger partial charge in [0, 0.05) is 6.07 Å². The van der Waals surface area contributed by atoms with Gasteiger partial charge < -0.3 is 4.74 Å². The number of ether oxygens (including phenoxy) is 1. The molecule has 2 N–H and O–H groups in total. The molecule has 4 nitrogen and oxygen atoms in total. The number of hydrogen-bond acceptors (Lipinski definition) is 3. The maximum absolute atomic E-state index is 13.4. The van der Waals surface area contributed by atoms with Crippen LogP contribution in [0.15, 0.2) is 17.0 Å². The standard InChI is InChI=1S/C10H11F2NO3S/c11-7-3-8(12)10(16-5-6-1-2-6)9(4-7)17(13,14)15/h3-4,6H,1-2,5H2,(H2,13,14,15). The number of hydrogen-bond donors (Lipinski definition) is 1. The Kier molecular flexibility index (Phi) is 3.05. The van der Waals surface area contributed by atoms with Gasteiger partial charge in [0.15, 0.2) is 11.6 Å². The first-order valence-corrected chi connectivity index (χ1v) is 6.57. The minimum Gasteiger partial charge on any atom is -0.489 e. The highest BCUT2D eigenvalue weighted by atomic mass is 32.2. The van der Waals surface area contributed by atoms with E-state index in [4.69, 9.17) is 9.88 Å². The first kappa shape index (κ1) is 12.3. The lowest BCUT2D eigenvalue weighted by atomic mass is 10.3. The van der Waals surface area contributed by atoms with Gasteiger partial charge in [-0.15, -0.1) is 0 Å². The molecule has 0 aromatic heterocycles. The Labute approximate surface area is 97.4 Å². The van der Waals surface area contributed by atoms with Crippen molar-refractivity contribution in [3.63, 3.8) is 0 Å². The zero-order valence-corrected chi connectivity index (χ0v) is 9.64. The molecule has 0 heterocycles. The molecule has 1 saturated carbocycles. The van der Waals surface area contributed by atoms with E-state index in [-0.39, 0.29) is 6.61 Å². The van der Waals surface area contributed by atoms with Crippen LogP contribution in [-0.2, 0) is 10.0 Å². The number of halogens is 2. The smallest absolute Gasteiger partial charge is 0.241 e. The van der Waals surface area contributed by atoms with Crippen LogP contribution in [0.3, 0.4) is 0 Å². The molecule has 1 aromatic carbocycles. The molecule has 1 aliphatic rings. The van der Waals surface area contributed by atoms with E-state index in [2.05, 4.69) is 0 Å². The molecule has 0 unspecified atom stereocenters. The van der Waals surface area contributed by atoms with Crippen LogP contribution in [-0.4, -0.2) is 15.0 Å². The average molecular weight is 263 g/mol. The summed E-state index contributed by atoms with van der Waals surface area (Å²) in [7, 11) is -4.21. The van der Waals surface area contributed by atoms with E-state index < -0.39 is 32.3 Å². The van der Waals surface area contributed by atoms with Crippen molar-refractivity contribution < 1.29 is 21.9 Å². The molecule has 1 aliphatic carbocycles. The molecular formula is C10H11F2NO3S. The normalized spacial score (nSPS) is 15.9. The first-order chi connectivity index (χ1) is 7.88. The highest BCUT2D eigenvalue weighted by molar-refractivity contribution is 7.89. The van der Waals surface area contributed by atoms with Gasteiger partial charge in [-0.2, -0.15) is 0 Å². The Bertz CT molecular complexity index is 541. The molecular weight excluding hydrogens is 252 g/mol. The second-order valence-electron chi connectivity index (χ2n) is 4.01. The molecule has 0 bridgehead atoms. The van der Waals surface area contributed by atoms with Crippen LogP contribution < -0.4 is 9.88 Å². The lowest BCUT2D eigenvalue weighted by Crippen LogP contribution is -2.16. The van der Waals surface area contributed by atoms with Crippen molar-refractivity contribution in [1.29, 1.82) is 0 Å². The maximum Gasteiger partial charge on any atom is 0.241 e. The summed E-state index contributed by atoms with van der Waals surface area (Å²) >= 11 is 0. The van der Waals surface area contributed by atoms with Crippen LogP contribution >= 0.6 is 0 Å². The molecule has 94 valence electrons. The third-order valence-electron chi connectivity index (χ3n) is 2.44. The van der Waals surface area contributed by atoms with Gasteiger partial charge >= 0.3 is 0 Å². The molecule has 1 fully saturated rings. The zero-order valence-electron chi connectivity index (χ0n) is 8.82. The lowest BCUT2D eigenvalue weighted by Gasteiger charge is -2.10. The highest BCUT2D eigenvalue weighted by Crippen LogP contribution is 2.32. The van der Waals surface area contributed by atoms with Crippen molar-refractivity contribution in [2.45, 2.75) is 17.7 Å². The third kappa shape index (κ3) is 2.92. The van der Waals surface area contributed by atoms with Gasteiger partial charge in [0.25, 0.3) is 0 Å². The zero-order chi connectivity index (χ0) is 12.6. The number of nitrogens with two attached hydrogens (primary N) is 1. The van der Waals surface area contributed by atoms with Crippen LogP contribution in [0.1, 0.15) is 12.8 Å². The topological polar surface area (TPSA) is 69.4 Å². The molecule has 0 spiro atoms. The van der Waals surface area contributed by atoms with E-state index >= 15 is 0 Å². The van der Waals surface area contributed by atoms with Gasteiger partial charge in [0.1, 0.15) is 10.7 Å². The Morgan fingerprint density at radius 3 is 2.53 bits per heavy atom. The fraction of sp³-hybridized carbons (Fsp3) is 0.400. The number of primary sulfonamides is 1. The van der Waals surface area contributed by atoms with Crippen molar-refractivity contribution in [2.75, 3.05) is 6.61 Å². The quantitative estimate of drug-likeness (QED) is 0.892. The van der Waals surface area contributed by atoms with Crippen LogP contribution in [0.4, 0.5) is 8.78 Å². The van der Waals surface area contributed by atoms with Crippen molar-refractivity contribution in [3.8, 4) is 5.75 Å². The highest BCUT2D eigenvalue weighted by Gasteiger charge is 2.26. The second-order valence-corrected chi connectivity index (χ2v) is 5.54. The fourth-order valence-corrected chi connectivity index (χ4v) is 2.07. The second kappa shape index (κ2) is 4.23. The summed E-state index contributed by atoms with van der Waals surface area (Å²) in [5.41, 5.74) is 0. The van der Waals surface area contributed by atoms with Crippen molar-refractivity contribution >= 4 is 10.0 Å². The molecule has 7 heteroatoms. The minimum atomic E-state index is -4.21.